The van der Waals surface area contributed by atoms with E-state index in [1.165, 1.54) is 7.11 Å². The van der Waals surface area contributed by atoms with Gasteiger partial charge >= 0.3 is 0 Å². The van der Waals surface area contributed by atoms with Crippen LogP contribution in [0.4, 0.5) is 0 Å². The van der Waals surface area contributed by atoms with Crippen molar-refractivity contribution in [1.82, 2.24) is 0 Å². The van der Waals surface area contributed by atoms with Crippen LogP contribution in [0.3, 0.4) is 0 Å². The number of hydrogen-bond acceptors (Lipinski definition) is 5. The van der Waals surface area contributed by atoms with Crippen molar-refractivity contribution < 1.29 is 23.7 Å². The van der Waals surface area contributed by atoms with Gasteiger partial charge in [-0.05, 0) is 18.8 Å². The molecule has 0 aromatic rings. The van der Waals surface area contributed by atoms with Crippen LogP contribution < -0.4 is 0 Å². The van der Waals surface area contributed by atoms with Crippen molar-refractivity contribution in [2.45, 2.75) is 31.1 Å². The highest BCUT2D eigenvalue weighted by Crippen LogP contribution is 2.65. The van der Waals surface area contributed by atoms with Gasteiger partial charge in [-0.3, -0.25) is 4.21 Å². The zero-order chi connectivity index (χ0) is 12.8. The lowest BCUT2D eigenvalue weighted by Crippen LogP contribution is -2.51. The first kappa shape index (κ1) is 13.4. The van der Waals surface area contributed by atoms with E-state index in [2.05, 4.69) is 0 Å². The van der Waals surface area contributed by atoms with Crippen molar-refractivity contribution in [3.8, 4) is 0 Å². The number of methoxy groups -OCH3 is 1. The minimum Gasteiger partial charge on any atom is -0.772 e. The zero-order valence-corrected chi connectivity index (χ0v) is 10.9. The number of hydrogen-bond donors (Lipinski definition) is 2. The fourth-order valence-electron chi connectivity index (χ4n) is 4.07. The molecule has 0 spiro atoms. The Morgan fingerprint density at radius 3 is 2.53 bits per heavy atom. The first-order valence-electron chi connectivity index (χ1n) is 5.80. The van der Waals surface area contributed by atoms with Crippen LogP contribution in [0.5, 0.6) is 0 Å². The Morgan fingerprint density at radius 1 is 1.47 bits per heavy atom. The summed E-state index contributed by atoms with van der Waals surface area (Å²) in [5.41, 5.74) is -1.17. The van der Waals surface area contributed by atoms with Crippen molar-refractivity contribution in [1.29, 1.82) is 0 Å². The zero-order valence-electron chi connectivity index (χ0n) is 10.1. The molecule has 5 nitrogen and oxygen atoms in total. The van der Waals surface area contributed by atoms with E-state index in [1.807, 2.05) is 6.92 Å². The van der Waals surface area contributed by atoms with Crippen LogP contribution in [0.1, 0.15) is 19.8 Å². The second-order valence-electron chi connectivity index (χ2n) is 5.49. The van der Waals surface area contributed by atoms with Crippen LogP contribution >= 0.6 is 0 Å². The Bertz CT molecular complexity index is 336. The fraction of sp³-hybridized carbons (Fsp3) is 1.00. The monoisotopic (exact) mass is 263 g/mol. The maximum atomic E-state index is 11.3. The highest BCUT2D eigenvalue weighted by Gasteiger charge is 2.68. The van der Waals surface area contributed by atoms with E-state index >= 15 is 0 Å². The predicted molar refractivity (Wildman–Crippen MR) is 60.9 cm³/mol. The first-order valence-corrected chi connectivity index (χ1v) is 6.94. The number of ether oxygens (including phenoxy) is 1. The molecule has 2 aliphatic carbocycles. The number of rotatable bonds is 4. The molecule has 2 N–H and O–H groups in total. The van der Waals surface area contributed by atoms with Crippen LogP contribution in [0.2, 0.25) is 0 Å². The number of fused-ring (bicyclic) bond motifs is 2. The van der Waals surface area contributed by atoms with Crippen molar-refractivity contribution in [2.75, 3.05) is 20.3 Å². The molecule has 2 aliphatic rings. The van der Waals surface area contributed by atoms with Gasteiger partial charge in [0, 0.05) is 29.8 Å². The maximum Gasteiger partial charge on any atom is 0.0692 e. The van der Waals surface area contributed by atoms with Crippen LogP contribution in [0.15, 0.2) is 0 Å². The average molecular weight is 263 g/mol. The van der Waals surface area contributed by atoms with Gasteiger partial charge in [0.25, 0.3) is 0 Å². The van der Waals surface area contributed by atoms with Crippen LogP contribution in [0.25, 0.3) is 0 Å². The molecule has 0 aliphatic heterocycles. The maximum absolute atomic E-state index is 11.3. The molecule has 2 fully saturated rings. The molecule has 6 atom stereocenters. The third kappa shape index (κ3) is 1.55. The van der Waals surface area contributed by atoms with Crippen LogP contribution in [-0.2, 0) is 15.8 Å². The van der Waals surface area contributed by atoms with Gasteiger partial charge in [-0.25, -0.2) is 0 Å². The standard InChI is InChI=1S/C11H20O5S/c1-7-9(16-2)11(6-13)4-10(7,5-12)3-8(11)17(14)15/h7-9,12-13H,3-6H2,1-2H3,(H,14,15)/p-1. The van der Waals surface area contributed by atoms with E-state index in [-0.39, 0.29) is 25.2 Å². The minimum absolute atomic E-state index is 0.0521. The fourth-order valence-corrected chi connectivity index (χ4v) is 5.22. The molecular weight excluding hydrogens is 244 g/mol. The lowest BCUT2D eigenvalue weighted by Gasteiger charge is -2.44. The molecular formula is C11H19O5S-. The molecule has 2 bridgehead atoms. The van der Waals surface area contributed by atoms with Gasteiger partial charge in [-0.2, -0.15) is 0 Å². The van der Waals surface area contributed by atoms with Crippen molar-refractivity contribution in [3.05, 3.63) is 0 Å². The first-order chi connectivity index (χ1) is 7.97. The summed E-state index contributed by atoms with van der Waals surface area (Å²) in [6, 6.07) is 0. The molecule has 0 saturated heterocycles. The van der Waals surface area contributed by atoms with Gasteiger partial charge in [0.1, 0.15) is 0 Å². The lowest BCUT2D eigenvalue weighted by molar-refractivity contribution is -0.0655. The molecule has 0 heterocycles. The van der Waals surface area contributed by atoms with E-state index in [0.717, 1.165) is 0 Å². The highest BCUT2D eigenvalue weighted by molar-refractivity contribution is 7.79. The molecule has 0 aromatic carbocycles. The second kappa shape index (κ2) is 4.28. The normalized spacial score (nSPS) is 50.8. The van der Waals surface area contributed by atoms with Gasteiger partial charge in [0.15, 0.2) is 0 Å². The molecule has 2 rings (SSSR count). The summed E-state index contributed by atoms with van der Waals surface area (Å²) in [6.45, 7) is 1.70. The van der Waals surface area contributed by atoms with E-state index in [4.69, 9.17) is 4.74 Å². The smallest absolute Gasteiger partial charge is 0.0692 e. The molecule has 0 radical (unpaired) electrons. The van der Waals surface area contributed by atoms with Gasteiger partial charge in [0.2, 0.25) is 0 Å². The summed E-state index contributed by atoms with van der Waals surface area (Å²) in [4.78, 5) is 0. The minimum atomic E-state index is -2.25. The molecule has 17 heavy (non-hydrogen) atoms. The Labute approximate surface area is 103 Å². The quantitative estimate of drug-likeness (QED) is 0.677. The number of aliphatic hydroxyl groups is 2. The molecule has 6 heteroatoms. The van der Waals surface area contributed by atoms with Crippen molar-refractivity contribution >= 4 is 11.1 Å². The topological polar surface area (TPSA) is 89.8 Å². The lowest BCUT2D eigenvalue weighted by atomic mass is 9.72. The Morgan fingerprint density at radius 2 is 2.12 bits per heavy atom. The molecule has 6 unspecified atom stereocenters. The van der Waals surface area contributed by atoms with Crippen molar-refractivity contribution in [3.63, 3.8) is 0 Å². The average Bonchev–Trinajstić information content (AvgIpc) is 2.78. The van der Waals surface area contributed by atoms with Crippen LogP contribution in [-0.4, -0.2) is 50.7 Å². The van der Waals surface area contributed by atoms with Gasteiger partial charge in [-0.1, -0.05) is 18.0 Å². The summed E-state index contributed by atoms with van der Waals surface area (Å²) in [5, 5.41) is 18.6. The van der Waals surface area contributed by atoms with Crippen LogP contribution in [0, 0.1) is 16.7 Å². The van der Waals surface area contributed by atoms with Gasteiger partial charge in [-0.15, -0.1) is 0 Å². The molecule has 100 valence electrons. The van der Waals surface area contributed by atoms with E-state index in [0.29, 0.717) is 12.8 Å². The van der Waals surface area contributed by atoms with E-state index in [9.17, 15) is 19.0 Å². The SMILES string of the molecule is COC1C(C)C2(CO)CC(S(=O)[O-])C1(CO)C2. The number of aliphatic hydroxyl groups excluding tert-OH is 2. The largest absolute Gasteiger partial charge is 0.772 e. The summed E-state index contributed by atoms with van der Waals surface area (Å²) in [6.07, 6.45) is 0.628. The second-order valence-corrected chi connectivity index (χ2v) is 6.58. The van der Waals surface area contributed by atoms with E-state index in [1.54, 1.807) is 0 Å². The predicted octanol–water partition coefficient (Wildman–Crippen LogP) is -0.350. The van der Waals surface area contributed by atoms with E-state index < -0.39 is 27.2 Å². The highest BCUT2D eigenvalue weighted by atomic mass is 32.2. The summed E-state index contributed by atoms with van der Waals surface area (Å²) < 4.78 is 28.1. The summed E-state index contributed by atoms with van der Waals surface area (Å²) in [5.74, 6) is 0.0597. The molecule has 0 aromatic heterocycles. The Hall–Kier alpha value is -0.0100. The molecule has 2 saturated carbocycles. The summed E-state index contributed by atoms with van der Waals surface area (Å²) in [7, 11) is 1.54. The third-order valence-electron chi connectivity index (χ3n) is 5.00. The van der Waals surface area contributed by atoms with Gasteiger partial charge < -0.3 is 19.5 Å². The molecule has 0 amide bonds. The Balaban J connectivity index is 2.45. The third-order valence-corrected chi connectivity index (χ3v) is 6.10. The van der Waals surface area contributed by atoms with Gasteiger partial charge in [0.05, 0.1) is 12.7 Å². The van der Waals surface area contributed by atoms with Crippen molar-refractivity contribution in [2.24, 2.45) is 16.7 Å². The summed E-state index contributed by atoms with van der Waals surface area (Å²) >= 11 is -2.25. The Kier molecular flexibility index (Phi) is 3.38.